The van der Waals surface area contributed by atoms with Crippen LogP contribution in [0.2, 0.25) is 0 Å². The van der Waals surface area contributed by atoms with Gasteiger partial charge in [-0.05, 0) is 36.5 Å². The van der Waals surface area contributed by atoms with E-state index in [4.69, 9.17) is 0 Å². The summed E-state index contributed by atoms with van der Waals surface area (Å²) < 4.78 is 39.2. The second-order valence-electron chi connectivity index (χ2n) is 9.77. The molecule has 2 aromatic rings. The number of amides is 2. The van der Waals surface area contributed by atoms with E-state index in [2.05, 4.69) is 20.2 Å². The number of carbonyl (C=O) groups is 2. The van der Waals surface area contributed by atoms with Crippen molar-refractivity contribution >= 4 is 17.6 Å². The minimum atomic E-state index is -4.47. The number of rotatable bonds is 4. The van der Waals surface area contributed by atoms with Crippen LogP contribution in [0.3, 0.4) is 0 Å². The van der Waals surface area contributed by atoms with Crippen LogP contribution in [-0.4, -0.2) is 64.0 Å². The van der Waals surface area contributed by atoms with Crippen molar-refractivity contribution in [1.29, 1.82) is 0 Å². The number of nitrogens with zero attached hydrogens (tertiary/aromatic N) is 4. The SMILES string of the molecule is C[C@@H]1C[C@@H](O)c2ncnc(N3CCN(C(=O)[C@@H](c4ccc(C(F)(F)F)cc4)[C@@H]4CCC(=O)N4)CC3)c21. The van der Waals surface area contributed by atoms with E-state index in [9.17, 15) is 27.9 Å². The van der Waals surface area contributed by atoms with Gasteiger partial charge >= 0.3 is 6.18 Å². The summed E-state index contributed by atoms with van der Waals surface area (Å²) in [5.41, 5.74) is 1.28. The molecule has 192 valence electrons. The Morgan fingerprint density at radius 3 is 2.44 bits per heavy atom. The second kappa shape index (κ2) is 9.34. The Balaban J connectivity index is 1.34. The first-order chi connectivity index (χ1) is 17.1. The third-order valence-electron chi connectivity index (χ3n) is 7.46. The molecule has 0 bridgehead atoms. The molecule has 1 aromatic heterocycles. The number of hydrogen-bond acceptors (Lipinski definition) is 6. The first-order valence-electron chi connectivity index (χ1n) is 12.2. The highest BCUT2D eigenvalue weighted by Gasteiger charge is 2.39. The number of fused-ring (bicyclic) bond motifs is 1. The third-order valence-corrected chi connectivity index (χ3v) is 7.46. The van der Waals surface area contributed by atoms with Crippen LogP contribution >= 0.6 is 0 Å². The van der Waals surface area contributed by atoms with Gasteiger partial charge in [0, 0.05) is 44.2 Å². The summed E-state index contributed by atoms with van der Waals surface area (Å²) in [4.78, 5) is 38.1. The van der Waals surface area contributed by atoms with Crippen LogP contribution in [0.5, 0.6) is 0 Å². The molecular formula is C25H28F3N5O3. The maximum absolute atomic E-state index is 13.7. The molecule has 11 heteroatoms. The molecule has 3 aliphatic rings. The van der Waals surface area contributed by atoms with Gasteiger partial charge in [-0.2, -0.15) is 13.2 Å². The third kappa shape index (κ3) is 4.52. The Kier molecular flexibility index (Phi) is 6.36. The molecule has 1 aliphatic carbocycles. The van der Waals surface area contributed by atoms with Crippen LogP contribution in [-0.2, 0) is 15.8 Å². The number of hydrogen-bond donors (Lipinski definition) is 2. The number of carbonyl (C=O) groups excluding carboxylic acids is 2. The molecule has 5 rings (SSSR count). The molecule has 2 saturated heterocycles. The first-order valence-corrected chi connectivity index (χ1v) is 12.2. The fourth-order valence-corrected chi connectivity index (χ4v) is 5.60. The van der Waals surface area contributed by atoms with Crippen LogP contribution in [0.1, 0.15) is 66.5 Å². The Morgan fingerprint density at radius 1 is 1.14 bits per heavy atom. The summed E-state index contributed by atoms with van der Waals surface area (Å²) in [6.07, 6.45) is -2.29. The highest BCUT2D eigenvalue weighted by Crippen LogP contribution is 2.43. The van der Waals surface area contributed by atoms with Crippen molar-refractivity contribution in [1.82, 2.24) is 20.2 Å². The van der Waals surface area contributed by atoms with Gasteiger partial charge in [0.15, 0.2) is 0 Å². The highest BCUT2D eigenvalue weighted by molar-refractivity contribution is 5.87. The quantitative estimate of drug-likeness (QED) is 0.666. The van der Waals surface area contributed by atoms with Gasteiger partial charge < -0.3 is 20.2 Å². The Morgan fingerprint density at radius 2 is 1.83 bits per heavy atom. The van der Waals surface area contributed by atoms with Crippen molar-refractivity contribution < 1.29 is 27.9 Å². The van der Waals surface area contributed by atoms with Crippen LogP contribution in [0.25, 0.3) is 0 Å². The van der Waals surface area contributed by atoms with Gasteiger partial charge in [-0.25, -0.2) is 9.97 Å². The summed E-state index contributed by atoms with van der Waals surface area (Å²) >= 11 is 0. The lowest BCUT2D eigenvalue weighted by atomic mass is 9.88. The lowest BCUT2D eigenvalue weighted by Crippen LogP contribution is -2.52. The van der Waals surface area contributed by atoms with Gasteiger partial charge in [0.05, 0.1) is 23.3 Å². The normalized spacial score (nSPS) is 25.0. The van der Waals surface area contributed by atoms with Crippen LogP contribution in [0.15, 0.2) is 30.6 Å². The predicted octanol–water partition coefficient (Wildman–Crippen LogP) is 2.75. The van der Waals surface area contributed by atoms with Crippen molar-refractivity contribution in [2.75, 3.05) is 31.1 Å². The van der Waals surface area contributed by atoms with Gasteiger partial charge in [0.25, 0.3) is 0 Å². The van der Waals surface area contributed by atoms with E-state index in [1.165, 1.54) is 18.5 Å². The molecule has 2 N–H and O–H groups in total. The maximum atomic E-state index is 13.7. The molecule has 0 spiro atoms. The number of alkyl halides is 3. The Bertz CT molecular complexity index is 1150. The van der Waals surface area contributed by atoms with Crippen LogP contribution in [0.4, 0.5) is 19.0 Å². The summed E-state index contributed by atoms with van der Waals surface area (Å²) in [6, 6.07) is 4.17. The molecule has 0 radical (unpaired) electrons. The van der Waals surface area contributed by atoms with Crippen molar-refractivity contribution in [2.24, 2.45) is 0 Å². The van der Waals surface area contributed by atoms with Gasteiger partial charge in [0.1, 0.15) is 12.1 Å². The number of halogens is 3. The Hall–Kier alpha value is -3.21. The van der Waals surface area contributed by atoms with E-state index in [1.54, 1.807) is 4.90 Å². The van der Waals surface area contributed by atoms with Gasteiger partial charge in [-0.3, -0.25) is 9.59 Å². The monoisotopic (exact) mass is 503 g/mol. The van der Waals surface area contributed by atoms with Gasteiger partial charge in [-0.15, -0.1) is 0 Å². The summed E-state index contributed by atoms with van der Waals surface area (Å²) in [5.74, 6) is -0.232. The fourth-order valence-electron chi connectivity index (χ4n) is 5.60. The van der Waals surface area contributed by atoms with Crippen LogP contribution < -0.4 is 10.2 Å². The molecule has 36 heavy (non-hydrogen) atoms. The van der Waals surface area contributed by atoms with E-state index in [0.29, 0.717) is 50.3 Å². The lowest BCUT2D eigenvalue weighted by molar-refractivity contribution is -0.137. The molecule has 2 aliphatic heterocycles. The molecule has 0 saturated carbocycles. The standard InChI is InChI=1S/C25H28F3N5O3/c1-14-12-18(34)22-20(14)23(30-13-29-22)32-8-10-33(11-9-32)24(36)21(17-6-7-19(35)31-17)15-2-4-16(5-3-15)25(26,27)28/h2-5,13-14,17-18,21,34H,6-12H2,1H3,(H,31,35)/t14-,17+,18-,21+/m1/s1. The van der Waals surface area contributed by atoms with E-state index in [0.717, 1.165) is 23.5 Å². The summed E-state index contributed by atoms with van der Waals surface area (Å²) in [5, 5.41) is 13.1. The first kappa shape index (κ1) is 24.5. The largest absolute Gasteiger partial charge is 0.416 e. The van der Waals surface area contributed by atoms with Crippen molar-refractivity contribution in [3.05, 3.63) is 53.0 Å². The summed E-state index contributed by atoms with van der Waals surface area (Å²) in [7, 11) is 0. The number of nitrogens with one attached hydrogen (secondary N) is 1. The minimum absolute atomic E-state index is 0.126. The van der Waals surface area contributed by atoms with Crippen molar-refractivity contribution in [3.8, 4) is 0 Å². The second-order valence-corrected chi connectivity index (χ2v) is 9.77. The molecular weight excluding hydrogens is 475 g/mol. The van der Waals surface area contributed by atoms with Crippen molar-refractivity contribution in [3.63, 3.8) is 0 Å². The van der Waals surface area contributed by atoms with E-state index in [-0.39, 0.29) is 24.2 Å². The zero-order valence-corrected chi connectivity index (χ0v) is 19.8. The minimum Gasteiger partial charge on any atom is -0.387 e. The number of aliphatic hydroxyl groups excluding tert-OH is 1. The number of anilines is 1. The van der Waals surface area contributed by atoms with Gasteiger partial charge in [0.2, 0.25) is 11.8 Å². The molecule has 1 aromatic carbocycles. The van der Waals surface area contributed by atoms with E-state index in [1.807, 2.05) is 6.92 Å². The highest BCUT2D eigenvalue weighted by atomic mass is 19.4. The summed E-state index contributed by atoms with van der Waals surface area (Å²) in [6.45, 7) is 3.90. The zero-order valence-electron chi connectivity index (χ0n) is 19.8. The molecule has 4 atom stereocenters. The molecule has 8 nitrogen and oxygen atoms in total. The maximum Gasteiger partial charge on any atom is 0.416 e. The Labute approximate surface area is 206 Å². The van der Waals surface area contributed by atoms with Crippen molar-refractivity contribution in [2.45, 2.75) is 56.3 Å². The van der Waals surface area contributed by atoms with Gasteiger partial charge in [-0.1, -0.05) is 19.1 Å². The molecule has 2 amide bonds. The van der Waals surface area contributed by atoms with E-state index >= 15 is 0 Å². The lowest BCUT2D eigenvalue weighted by Gasteiger charge is -2.38. The smallest absolute Gasteiger partial charge is 0.387 e. The number of aromatic nitrogens is 2. The number of piperazine rings is 1. The molecule has 3 heterocycles. The number of aliphatic hydroxyl groups is 1. The zero-order chi connectivity index (χ0) is 25.6. The fraction of sp³-hybridized carbons (Fsp3) is 0.520. The molecule has 0 unspecified atom stereocenters. The van der Waals surface area contributed by atoms with Crippen LogP contribution in [0, 0.1) is 0 Å². The predicted molar refractivity (Wildman–Crippen MR) is 124 cm³/mol. The molecule has 2 fully saturated rings. The average molecular weight is 504 g/mol. The number of benzene rings is 1. The average Bonchev–Trinajstić information content (AvgIpc) is 3.41. The van der Waals surface area contributed by atoms with E-state index < -0.39 is 29.8 Å². The topological polar surface area (TPSA) is 98.7 Å².